The lowest BCUT2D eigenvalue weighted by molar-refractivity contribution is 0.322. The Bertz CT molecular complexity index is 1360. The topological polar surface area (TPSA) is 87.8 Å². The fourth-order valence-corrected chi connectivity index (χ4v) is 5.08. The zero-order chi connectivity index (χ0) is 23.9. The number of hydrogen-bond acceptors (Lipinski definition) is 4. The number of benzene rings is 1. The summed E-state index contributed by atoms with van der Waals surface area (Å²) in [5.41, 5.74) is 0.444. The second-order valence-electron chi connectivity index (χ2n) is 7.99. The highest BCUT2D eigenvalue weighted by Gasteiger charge is 2.31. The molecule has 11 heteroatoms. The Morgan fingerprint density at radius 2 is 1.97 bits per heavy atom. The molecule has 0 saturated heterocycles. The van der Waals surface area contributed by atoms with Gasteiger partial charge in [-0.3, -0.25) is 4.98 Å². The van der Waals surface area contributed by atoms with Crippen LogP contribution in [0.15, 0.2) is 29.3 Å². The third-order valence-electron chi connectivity index (χ3n) is 5.94. The van der Waals surface area contributed by atoms with E-state index in [2.05, 4.69) is 4.98 Å². The number of sulfonamides is 1. The average molecular weight is 480 g/mol. The van der Waals surface area contributed by atoms with Crippen molar-refractivity contribution in [2.45, 2.75) is 43.2 Å². The van der Waals surface area contributed by atoms with Crippen LogP contribution < -0.4 is 4.72 Å². The van der Waals surface area contributed by atoms with Gasteiger partial charge in [0.1, 0.15) is 30.1 Å². The van der Waals surface area contributed by atoms with Gasteiger partial charge in [-0.2, -0.15) is 5.26 Å². The van der Waals surface area contributed by atoms with Crippen molar-refractivity contribution in [3.05, 3.63) is 47.2 Å². The zero-order valence-corrected chi connectivity index (χ0v) is 18.4. The normalized spacial score (nSPS) is 14.6. The molecule has 3 aromatic rings. The molecule has 33 heavy (non-hydrogen) atoms. The molecule has 174 valence electrons. The van der Waals surface area contributed by atoms with Crippen molar-refractivity contribution >= 4 is 20.9 Å². The molecule has 1 saturated carbocycles. The maximum Gasteiger partial charge on any atom is 0.242 e. The number of pyridine rings is 1. The quantitative estimate of drug-likeness (QED) is 0.506. The summed E-state index contributed by atoms with van der Waals surface area (Å²) < 4.78 is 83.3. The van der Waals surface area contributed by atoms with E-state index in [0.717, 1.165) is 31.5 Å². The summed E-state index contributed by atoms with van der Waals surface area (Å²) >= 11 is 0. The molecular weight excluding hydrogens is 460 g/mol. The van der Waals surface area contributed by atoms with E-state index in [0.29, 0.717) is 0 Å². The fraction of sp³-hybridized carbons (Fsp3) is 0.364. The third-order valence-corrected chi connectivity index (χ3v) is 7.45. The number of aromatic nitrogens is 2. The lowest BCUT2D eigenvalue weighted by Crippen LogP contribution is -2.37. The van der Waals surface area contributed by atoms with E-state index in [4.69, 9.17) is 0 Å². The molecule has 4 rings (SSSR count). The van der Waals surface area contributed by atoms with Crippen molar-refractivity contribution in [3.63, 3.8) is 0 Å². The molecule has 2 heterocycles. The number of rotatable bonds is 7. The van der Waals surface area contributed by atoms with E-state index >= 15 is 4.39 Å². The number of nitrogens with one attached hydrogen (secondary N) is 1. The van der Waals surface area contributed by atoms with Crippen LogP contribution in [0.1, 0.15) is 36.4 Å². The van der Waals surface area contributed by atoms with Gasteiger partial charge in [0.25, 0.3) is 0 Å². The van der Waals surface area contributed by atoms with Crippen molar-refractivity contribution in [3.8, 4) is 17.5 Å². The Hall–Kier alpha value is -2.97. The molecule has 0 atom stereocenters. The minimum absolute atomic E-state index is 0.0332. The Kier molecular flexibility index (Phi) is 6.16. The summed E-state index contributed by atoms with van der Waals surface area (Å²) in [6.07, 6.45) is 3.38. The predicted octanol–water partition coefficient (Wildman–Crippen LogP) is 4.47. The number of alkyl halides is 2. The van der Waals surface area contributed by atoms with Gasteiger partial charge in [0.05, 0.1) is 28.5 Å². The SMILES string of the molecule is Cc1c(F)cc2c(C#N)c(-c3ccc(S(=O)(=O)NC(CF)CF)cn3)n(C3CCC3)c2c1F. The Morgan fingerprint density at radius 1 is 1.27 bits per heavy atom. The standard InChI is InChI=1S/C22H20F4N4O2S/c1-12-18(25)7-16-17(10-27)21(30(14-3-2-4-14)22(16)20(12)26)19-6-5-15(11-28-19)33(31,32)29-13(8-23)9-24/h5-7,11,13-14,29H,2-4,8-9H2,1H3. The summed E-state index contributed by atoms with van der Waals surface area (Å²) in [6, 6.07) is 4.03. The average Bonchev–Trinajstić information content (AvgIpc) is 3.08. The van der Waals surface area contributed by atoms with Gasteiger partial charge in [0.15, 0.2) is 5.82 Å². The van der Waals surface area contributed by atoms with E-state index < -0.39 is 41.0 Å². The van der Waals surface area contributed by atoms with Crippen LogP contribution in [0, 0.1) is 29.9 Å². The highest BCUT2D eigenvalue weighted by atomic mass is 32.2. The predicted molar refractivity (Wildman–Crippen MR) is 113 cm³/mol. The first-order chi connectivity index (χ1) is 15.7. The van der Waals surface area contributed by atoms with E-state index in [1.807, 2.05) is 10.8 Å². The lowest BCUT2D eigenvalue weighted by Gasteiger charge is -2.30. The summed E-state index contributed by atoms with van der Waals surface area (Å²) in [4.78, 5) is 3.84. The van der Waals surface area contributed by atoms with Gasteiger partial charge in [-0.05, 0) is 44.4 Å². The van der Waals surface area contributed by atoms with Crippen LogP contribution in [-0.4, -0.2) is 37.4 Å². The smallest absolute Gasteiger partial charge is 0.242 e. The van der Waals surface area contributed by atoms with Crippen LogP contribution in [0.5, 0.6) is 0 Å². The van der Waals surface area contributed by atoms with Gasteiger partial charge in [0.2, 0.25) is 10.0 Å². The lowest BCUT2D eigenvalue weighted by atomic mass is 9.92. The van der Waals surface area contributed by atoms with Crippen molar-refractivity contribution in [1.29, 1.82) is 5.26 Å². The molecule has 0 spiro atoms. The first-order valence-electron chi connectivity index (χ1n) is 10.3. The largest absolute Gasteiger partial charge is 0.333 e. The van der Waals surface area contributed by atoms with Gasteiger partial charge >= 0.3 is 0 Å². The monoisotopic (exact) mass is 480 g/mol. The highest BCUT2D eigenvalue weighted by molar-refractivity contribution is 7.89. The number of nitrogens with zero attached hydrogens (tertiary/aromatic N) is 3. The molecule has 0 radical (unpaired) electrons. The fourth-order valence-electron chi connectivity index (χ4n) is 3.94. The summed E-state index contributed by atoms with van der Waals surface area (Å²) in [6.45, 7) is -1.10. The Morgan fingerprint density at radius 3 is 2.48 bits per heavy atom. The van der Waals surface area contributed by atoms with Gasteiger partial charge < -0.3 is 4.57 Å². The van der Waals surface area contributed by atoms with Crippen LogP contribution in [0.4, 0.5) is 17.6 Å². The Labute approximate surface area is 187 Å². The number of nitriles is 1. The minimum Gasteiger partial charge on any atom is -0.333 e. The molecule has 1 N–H and O–H groups in total. The molecule has 1 aromatic carbocycles. The molecule has 0 amide bonds. The number of halogens is 4. The molecule has 0 bridgehead atoms. The van der Waals surface area contributed by atoms with Gasteiger partial charge in [-0.15, -0.1) is 0 Å². The van der Waals surface area contributed by atoms with Crippen LogP contribution in [0.3, 0.4) is 0 Å². The molecule has 6 nitrogen and oxygen atoms in total. The molecule has 1 aliphatic carbocycles. The third kappa shape index (κ3) is 3.87. The van der Waals surface area contributed by atoms with Crippen molar-refractivity contribution in [2.24, 2.45) is 0 Å². The number of hydrogen-bond donors (Lipinski definition) is 1. The van der Waals surface area contributed by atoms with Crippen LogP contribution >= 0.6 is 0 Å². The second kappa shape index (κ2) is 8.76. The maximum absolute atomic E-state index is 15.2. The van der Waals surface area contributed by atoms with E-state index in [9.17, 15) is 26.9 Å². The molecule has 1 fully saturated rings. The second-order valence-corrected chi connectivity index (χ2v) is 9.70. The molecule has 2 aromatic heterocycles. The van der Waals surface area contributed by atoms with E-state index in [-0.39, 0.29) is 44.4 Å². The van der Waals surface area contributed by atoms with Gasteiger partial charge in [-0.25, -0.2) is 30.7 Å². The van der Waals surface area contributed by atoms with Crippen molar-refractivity contribution in [1.82, 2.24) is 14.3 Å². The summed E-state index contributed by atoms with van der Waals surface area (Å²) in [7, 11) is -4.23. The van der Waals surface area contributed by atoms with Crippen molar-refractivity contribution < 1.29 is 26.0 Å². The first-order valence-corrected chi connectivity index (χ1v) is 11.7. The number of fused-ring (bicyclic) bond motifs is 1. The highest BCUT2D eigenvalue weighted by Crippen LogP contribution is 2.43. The van der Waals surface area contributed by atoms with E-state index in [1.165, 1.54) is 19.1 Å². The molecular formula is C22H20F4N4O2S. The summed E-state index contributed by atoms with van der Waals surface area (Å²) in [5.74, 6) is -1.53. The minimum atomic E-state index is -4.23. The van der Waals surface area contributed by atoms with E-state index in [1.54, 1.807) is 4.57 Å². The van der Waals surface area contributed by atoms with Crippen molar-refractivity contribution in [2.75, 3.05) is 13.3 Å². The zero-order valence-electron chi connectivity index (χ0n) is 17.6. The Balaban J connectivity index is 1.88. The van der Waals surface area contributed by atoms with Gasteiger partial charge in [0, 0.05) is 23.2 Å². The van der Waals surface area contributed by atoms with Crippen LogP contribution in [-0.2, 0) is 10.0 Å². The van der Waals surface area contributed by atoms with Gasteiger partial charge in [-0.1, -0.05) is 0 Å². The molecule has 1 aliphatic rings. The molecule has 0 aliphatic heterocycles. The first kappa shape index (κ1) is 23.2. The molecule has 0 unspecified atom stereocenters. The van der Waals surface area contributed by atoms with Crippen LogP contribution in [0.25, 0.3) is 22.3 Å². The summed E-state index contributed by atoms with van der Waals surface area (Å²) in [5, 5.41) is 9.96. The maximum atomic E-state index is 15.2. The van der Waals surface area contributed by atoms with Crippen LogP contribution in [0.2, 0.25) is 0 Å².